The van der Waals surface area contributed by atoms with Gasteiger partial charge in [-0.15, -0.1) is 0 Å². The molecule has 0 radical (unpaired) electrons. The zero-order chi connectivity index (χ0) is 77.4. The lowest BCUT2D eigenvalue weighted by molar-refractivity contribution is -0.161. The van der Waals surface area contributed by atoms with E-state index in [1.54, 1.807) is 0 Å². The summed E-state index contributed by atoms with van der Waals surface area (Å²) < 4.78 is 68.8. The predicted octanol–water partition coefficient (Wildman–Crippen LogP) is 26.9. The highest BCUT2D eigenvalue weighted by atomic mass is 31.2. The molecule has 630 valence electrons. The molecule has 0 saturated carbocycles. The number of carbonyl (C=O) groups is 4. The van der Waals surface area contributed by atoms with Gasteiger partial charge in [-0.1, -0.05) is 426 Å². The Morgan fingerprint density at radius 1 is 0.226 bits per heavy atom. The first-order valence-corrected chi connectivity index (χ1v) is 48.3. The molecule has 0 bridgehead atoms. The third-order valence-electron chi connectivity index (χ3n) is 20.6. The van der Waals surface area contributed by atoms with E-state index in [4.69, 9.17) is 37.0 Å². The summed E-state index contributed by atoms with van der Waals surface area (Å²) in [5.41, 5.74) is 0. The van der Waals surface area contributed by atoms with Gasteiger partial charge in [-0.3, -0.25) is 37.3 Å². The molecular formula is C87H170O17P2. The highest BCUT2D eigenvalue weighted by Crippen LogP contribution is 2.45. The maximum Gasteiger partial charge on any atom is 0.472 e. The molecule has 19 heteroatoms. The third-order valence-corrected chi connectivity index (χ3v) is 22.5. The van der Waals surface area contributed by atoms with Gasteiger partial charge in [0.15, 0.2) is 12.2 Å². The number of phosphoric ester groups is 2. The Hall–Kier alpha value is -1.94. The minimum absolute atomic E-state index is 0.109. The smallest absolute Gasteiger partial charge is 0.462 e. The van der Waals surface area contributed by atoms with Crippen molar-refractivity contribution in [3.05, 3.63) is 0 Å². The Morgan fingerprint density at radius 3 is 0.557 bits per heavy atom. The monoisotopic (exact) mass is 1550 g/mol. The fourth-order valence-corrected chi connectivity index (χ4v) is 15.3. The molecule has 0 spiro atoms. The van der Waals surface area contributed by atoms with E-state index in [1.807, 2.05) is 0 Å². The van der Waals surface area contributed by atoms with E-state index in [1.165, 1.54) is 308 Å². The third kappa shape index (κ3) is 80.1. The van der Waals surface area contributed by atoms with Gasteiger partial charge in [-0.2, -0.15) is 0 Å². The zero-order valence-corrected chi connectivity index (χ0v) is 71.2. The number of unbranched alkanes of at least 4 members (excludes halogenated alkanes) is 62. The highest BCUT2D eigenvalue weighted by Gasteiger charge is 2.30. The van der Waals surface area contributed by atoms with Crippen LogP contribution in [0.4, 0.5) is 0 Å². The van der Waals surface area contributed by atoms with Gasteiger partial charge >= 0.3 is 39.5 Å². The quantitative estimate of drug-likeness (QED) is 0.0222. The number of rotatable bonds is 88. The summed E-state index contributed by atoms with van der Waals surface area (Å²) in [6.45, 7) is 5.04. The number of hydrogen-bond donors (Lipinski definition) is 3. The lowest BCUT2D eigenvalue weighted by Crippen LogP contribution is -2.30. The van der Waals surface area contributed by atoms with Gasteiger partial charge in [-0.25, -0.2) is 9.13 Å². The lowest BCUT2D eigenvalue weighted by atomic mass is 10.0. The minimum Gasteiger partial charge on any atom is -0.462 e. The molecule has 0 aliphatic rings. The molecule has 17 nitrogen and oxygen atoms in total. The van der Waals surface area contributed by atoms with E-state index >= 15 is 0 Å². The fraction of sp³-hybridized carbons (Fsp3) is 0.954. The van der Waals surface area contributed by atoms with Crippen molar-refractivity contribution in [1.29, 1.82) is 0 Å². The van der Waals surface area contributed by atoms with Crippen molar-refractivity contribution in [3.8, 4) is 0 Å². The Labute approximate surface area is 651 Å². The Morgan fingerprint density at radius 2 is 0.377 bits per heavy atom. The van der Waals surface area contributed by atoms with Crippen molar-refractivity contribution in [2.45, 2.75) is 495 Å². The molecule has 0 aliphatic heterocycles. The van der Waals surface area contributed by atoms with E-state index < -0.39 is 97.5 Å². The number of esters is 4. The number of carbonyl (C=O) groups excluding carboxylic acids is 4. The molecule has 0 aromatic carbocycles. The molecule has 0 aromatic heterocycles. The van der Waals surface area contributed by atoms with Gasteiger partial charge in [-0.05, 0) is 25.7 Å². The van der Waals surface area contributed by atoms with Crippen molar-refractivity contribution in [1.82, 2.24) is 0 Å². The topological polar surface area (TPSA) is 237 Å². The first kappa shape index (κ1) is 104. The fourth-order valence-electron chi connectivity index (χ4n) is 13.7. The van der Waals surface area contributed by atoms with Gasteiger partial charge in [0, 0.05) is 25.7 Å². The maximum atomic E-state index is 13.1. The Balaban J connectivity index is 5.17. The molecule has 5 atom stereocenters. The van der Waals surface area contributed by atoms with Gasteiger partial charge in [0.05, 0.1) is 26.4 Å². The van der Waals surface area contributed by atoms with Gasteiger partial charge < -0.3 is 33.8 Å². The minimum atomic E-state index is -4.96. The van der Waals surface area contributed by atoms with Crippen molar-refractivity contribution >= 4 is 39.5 Å². The molecule has 0 saturated heterocycles. The van der Waals surface area contributed by atoms with E-state index in [9.17, 15) is 43.2 Å². The van der Waals surface area contributed by atoms with Crippen molar-refractivity contribution < 1.29 is 80.2 Å². The molecule has 0 rings (SSSR count). The second-order valence-electron chi connectivity index (χ2n) is 31.3. The lowest BCUT2D eigenvalue weighted by Gasteiger charge is -2.21. The molecule has 0 aliphatic carbocycles. The highest BCUT2D eigenvalue weighted by molar-refractivity contribution is 7.47. The molecule has 0 amide bonds. The number of phosphoric acid groups is 2. The molecule has 106 heavy (non-hydrogen) atoms. The van der Waals surface area contributed by atoms with Crippen molar-refractivity contribution in [3.63, 3.8) is 0 Å². The second-order valence-corrected chi connectivity index (χ2v) is 34.2. The molecular weight excluding hydrogens is 1380 g/mol. The van der Waals surface area contributed by atoms with Crippen LogP contribution < -0.4 is 0 Å². The number of aliphatic hydroxyl groups is 1. The van der Waals surface area contributed by atoms with Crippen molar-refractivity contribution in [2.75, 3.05) is 39.6 Å². The second kappa shape index (κ2) is 81.1. The van der Waals surface area contributed by atoms with Gasteiger partial charge in [0.25, 0.3) is 0 Å². The van der Waals surface area contributed by atoms with Crippen LogP contribution in [0.1, 0.15) is 477 Å². The molecule has 0 fully saturated rings. The maximum absolute atomic E-state index is 13.1. The first-order chi connectivity index (χ1) is 51.7. The average molecular weight is 1550 g/mol. The summed E-state index contributed by atoms with van der Waals surface area (Å²) in [6, 6.07) is 0. The number of aliphatic hydroxyl groups excluding tert-OH is 1. The van der Waals surface area contributed by atoms with E-state index in [-0.39, 0.29) is 25.7 Å². The number of ether oxygens (including phenoxy) is 4. The van der Waals surface area contributed by atoms with Gasteiger partial charge in [0.2, 0.25) is 0 Å². The zero-order valence-electron chi connectivity index (χ0n) is 69.4. The van der Waals surface area contributed by atoms with E-state index in [0.717, 1.165) is 89.9 Å². The van der Waals surface area contributed by atoms with Crippen LogP contribution in [-0.4, -0.2) is 96.7 Å². The van der Waals surface area contributed by atoms with Crippen LogP contribution >= 0.6 is 15.6 Å². The molecule has 3 N–H and O–H groups in total. The van der Waals surface area contributed by atoms with Crippen molar-refractivity contribution in [2.24, 2.45) is 0 Å². The van der Waals surface area contributed by atoms with Crippen LogP contribution in [0.2, 0.25) is 0 Å². The van der Waals surface area contributed by atoms with E-state index in [0.29, 0.717) is 25.7 Å². The number of hydrogen-bond acceptors (Lipinski definition) is 15. The molecule has 2 unspecified atom stereocenters. The van der Waals surface area contributed by atoms with Crippen LogP contribution in [0.25, 0.3) is 0 Å². The largest absolute Gasteiger partial charge is 0.472 e. The SMILES string of the molecule is CCCCCCCCCCCCCCCCCCCCCCCCC(=O)O[C@H](COC(=O)CCCCCCCCCCCCCCCCCCCC)COP(=O)(O)OC[C@@H](O)COP(=O)(O)OC[C@@H](COC(=O)CCCCCCCCCC)OC(=O)CCCCCCCCCCCCCCCCCCCC. The summed E-state index contributed by atoms with van der Waals surface area (Å²) in [7, 11) is -9.92. The first-order valence-electron chi connectivity index (χ1n) is 45.3. The van der Waals surface area contributed by atoms with Crippen LogP contribution in [0, 0.1) is 0 Å². The normalized spacial score (nSPS) is 13.7. The molecule has 0 heterocycles. The summed E-state index contributed by atoms with van der Waals surface area (Å²) in [5.74, 6) is -2.10. The Bertz CT molecular complexity index is 2000. The van der Waals surface area contributed by atoms with E-state index in [2.05, 4.69) is 27.7 Å². The average Bonchev–Trinajstić information content (AvgIpc) is 0.902. The summed E-state index contributed by atoms with van der Waals surface area (Å²) in [4.78, 5) is 73.1. The predicted molar refractivity (Wildman–Crippen MR) is 437 cm³/mol. The summed E-state index contributed by atoms with van der Waals surface area (Å²) >= 11 is 0. The Kier molecular flexibility index (Phi) is 79.6. The standard InChI is InChI=1S/C87H170O17P2/c1-5-9-13-17-21-25-28-31-34-37-40-41-42-43-46-49-52-55-58-62-66-70-74-87(92)104-83(78-98-85(90)72-68-64-60-56-53-50-47-44-38-35-32-29-26-22-18-14-10-6-2)80-102-106(95,96)100-76-81(88)75-99-105(93,94)101-79-82(77-97-84(89)71-67-63-59-24-20-16-12-8-4)103-86(91)73-69-65-61-57-54-51-48-45-39-36-33-30-27-23-19-15-11-7-3/h81-83,88H,5-80H2,1-4H3,(H,93,94)(H,95,96)/t81-,82+,83+/m0/s1. The van der Waals surface area contributed by atoms with Gasteiger partial charge in [0.1, 0.15) is 19.3 Å². The van der Waals surface area contributed by atoms with Crippen LogP contribution in [0.15, 0.2) is 0 Å². The van der Waals surface area contributed by atoms with Crippen LogP contribution in [0.3, 0.4) is 0 Å². The van der Waals surface area contributed by atoms with Crippen LogP contribution in [0.5, 0.6) is 0 Å². The summed E-state index contributed by atoms with van der Waals surface area (Å²) in [5, 5.41) is 10.7. The summed E-state index contributed by atoms with van der Waals surface area (Å²) in [6.07, 6.45) is 76.6. The molecule has 0 aromatic rings. The van der Waals surface area contributed by atoms with Crippen LogP contribution in [-0.2, 0) is 65.4 Å².